The van der Waals surface area contributed by atoms with Gasteiger partial charge in [-0.2, -0.15) is 0 Å². The van der Waals surface area contributed by atoms with Gasteiger partial charge >= 0.3 is 0 Å². The van der Waals surface area contributed by atoms with E-state index in [9.17, 15) is 15.2 Å². The Bertz CT molecular complexity index is 373. The lowest BCUT2D eigenvalue weighted by Crippen LogP contribution is -2.32. The Morgan fingerprint density at radius 1 is 1.64 bits per heavy atom. The summed E-state index contributed by atoms with van der Waals surface area (Å²) >= 11 is 5.58. The van der Waals surface area contributed by atoms with E-state index in [2.05, 4.69) is 0 Å². The van der Waals surface area contributed by atoms with Crippen molar-refractivity contribution in [3.8, 4) is 0 Å². The molecular weight excluding hydrogens is 208 g/mol. The number of nitrogens with zero attached hydrogens (tertiary/aromatic N) is 1. The van der Waals surface area contributed by atoms with Crippen molar-refractivity contribution >= 4 is 17.3 Å². The van der Waals surface area contributed by atoms with E-state index in [1.54, 1.807) is 0 Å². The third kappa shape index (κ3) is 2.20. The van der Waals surface area contributed by atoms with Crippen molar-refractivity contribution in [3.63, 3.8) is 0 Å². The third-order valence-corrected chi connectivity index (χ3v) is 2.05. The number of nitrogens with two attached hydrogens (primary N) is 1. The Kier molecular flexibility index (Phi) is 2.75. The molecule has 0 aliphatic rings. The maximum absolute atomic E-state index is 10.5. The van der Waals surface area contributed by atoms with Crippen molar-refractivity contribution in [1.82, 2.24) is 0 Å². The molecule has 1 atom stereocenters. The maximum atomic E-state index is 10.5. The second kappa shape index (κ2) is 3.53. The van der Waals surface area contributed by atoms with Crippen LogP contribution in [0.5, 0.6) is 0 Å². The van der Waals surface area contributed by atoms with Crippen molar-refractivity contribution in [1.29, 1.82) is 0 Å². The topological polar surface area (TPSA) is 89.4 Å². The van der Waals surface area contributed by atoms with Gasteiger partial charge in [-0.1, -0.05) is 17.7 Å². The van der Waals surface area contributed by atoms with Crippen LogP contribution in [0.1, 0.15) is 12.5 Å². The van der Waals surface area contributed by atoms with Gasteiger partial charge in [-0.05, 0) is 13.0 Å². The summed E-state index contributed by atoms with van der Waals surface area (Å²) in [5, 5.41) is 19.9. The Morgan fingerprint density at radius 3 is 2.64 bits per heavy atom. The molecule has 3 N–H and O–H groups in total. The van der Waals surface area contributed by atoms with Crippen LogP contribution in [0.4, 0.5) is 5.69 Å². The molecule has 0 saturated carbocycles. The molecule has 0 bridgehead atoms. The zero-order valence-electron chi connectivity index (χ0n) is 7.40. The van der Waals surface area contributed by atoms with Gasteiger partial charge in [0.1, 0.15) is 10.7 Å². The van der Waals surface area contributed by atoms with Gasteiger partial charge in [-0.25, -0.2) is 0 Å². The van der Waals surface area contributed by atoms with Gasteiger partial charge in [0, 0.05) is 11.6 Å². The fraction of sp³-hybridized carbons (Fsp3) is 0.250. The lowest BCUT2D eigenvalue weighted by atomic mass is 10.1. The van der Waals surface area contributed by atoms with Crippen molar-refractivity contribution in [2.24, 2.45) is 5.73 Å². The summed E-state index contributed by atoms with van der Waals surface area (Å²) in [7, 11) is 0. The molecule has 0 aliphatic carbocycles. The normalized spacial score (nSPS) is 14.9. The highest BCUT2D eigenvalue weighted by atomic mass is 35.5. The van der Waals surface area contributed by atoms with Gasteiger partial charge in [-0.3, -0.25) is 10.1 Å². The first-order chi connectivity index (χ1) is 6.32. The Morgan fingerprint density at radius 2 is 2.21 bits per heavy atom. The Labute approximate surface area is 85.3 Å². The molecule has 6 heteroatoms. The van der Waals surface area contributed by atoms with Gasteiger partial charge in [0.25, 0.3) is 5.69 Å². The minimum absolute atomic E-state index is 0.0167. The SMILES string of the molecule is CC(N)(O)c1ccc(Cl)c([N+](=O)[O-])c1. The van der Waals surface area contributed by atoms with Crippen LogP contribution < -0.4 is 5.73 Å². The summed E-state index contributed by atoms with van der Waals surface area (Å²) in [6.07, 6.45) is 0. The summed E-state index contributed by atoms with van der Waals surface area (Å²) < 4.78 is 0. The first-order valence-corrected chi connectivity index (χ1v) is 4.16. The first-order valence-electron chi connectivity index (χ1n) is 3.78. The first kappa shape index (κ1) is 10.9. The number of hydrogen-bond acceptors (Lipinski definition) is 4. The van der Waals surface area contributed by atoms with Crippen LogP contribution in [0.3, 0.4) is 0 Å². The molecule has 5 nitrogen and oxygen atoms in total. The van der Waals surface area contributed by atoms with Gasteiger partial charge in [-0.15, -0.1) is 0 Å². The predicted octanol–water partition coefficient (Wildman–Crippen LogP) is 1.37. The molecule has 0 heterocycles. The molecule has 0 spiro atoms. The average Bonchev–Trinajstić information content (AvgIpc) is 2.02. The number of halogens is 1. The minimum atomic E-state index is -1.60. The number of aliphatic hydroxyl groups is 1. The second-order valence-corrected chi connectivity index (χ2v) is 3.48. The van der Waals surface area contributed by atoms with E-state index >= 15 is 0 Å². The number of nitro benzene ring substituents is 1. The summed E-state index contributed by atoms with van der Waals surface area (Å²) in [5.41, 5.74) is 3.74. The fourth-order valence-corrected chi connectivity index (χ4v) is 1.15. The molecule has 0 amide bonds. The third-order valence-electron chi connectivity index (χ3n) is 1.73. The van der Waals surface area contributed by atoms with E-state index in [0.29, 0.717) is 0 Å². The second-order valence-electron chi connectivity index (χ2n) is 3.07. The molecule has 0 radical (unpaired) electrons. The minimum Gasteiger partial charge on any atom is -0.372 e. The molecule has 0 fully saturated rings. The molecule has 0 aliphatic heterocycles. The van der Waals surface area contributed by atoms with E-state index < -0.39 is 10.6 Å². The number of nitro groups is 1. The van der Waals surface area contributed by atoms with Crippen molar-refractivity contribution in [2.75, 3.05) is 0 Å². The van der Waals surface area contributed by atoms with Crippen molar-refractivity contribution in [3.05, 3.63) is 38.9 Å². The van der Waals surface area contributed by atoms with Crippen LogP contribution in [0.2, 0.25) is 5.02 Å². The van der Waals surface area contributed by atoms with E-state index in [1.807, 2.05) is 0 Å². The van der Waals surface area contributed by atoms with Crippen LogP contribution in [0, 0.1) is 10.1 Å². The molecule has 1 unspecified atom stereocenters. The highest BCUT2D eigenvalue weighted by Gasteiger charge is 2.21. The molecule has 1 aromatic rings. The standard InChI is InChI=1S/C8H9ClN2O3/c1-8(10,12)5-2-3-6(9)7(4-5)11(13)14/h2-4,12H,10H2,1H3. The van der Waals surface area contributed by atoms with E-state index in [-0.39, 0.29) is 16.3 Å². The van der Waals surface area contributed by atoms with Gasteiger partial charge in [0.2, 0.25) is 0 Å². The Balaban J connectivity index is 3.27. The highest BCUT2D eigenvalue weighted by Crippen LogP contribution is 2.28. The van der Waals surface area contributed by atoms with Crippen molar-refractivity contribution < 1.29 is 10.0 Å². The summed E-state index contributed by atoms with van der Waals surface area (Å²) in [5.74, 6) is 0. The number of rotatable bonds is 2. The smallest absolute Gasteiger partial charge is 0.288 e. The van der Waals surface area contributed by atoms with E-state index in [1.165, 1.54) is 19.1 Å². The van der Waals surface area contributed by atoms with E-state index in [4.69, 9.17) is 17.3 Å². The molecule has 0 aromatic heterocycles. The quantitative estimate of drug-likeness (QED) is 0.444. The van der Waals surface area contributed by atoms with Gasteiger partial charge in [0.15, 0.2) is 0 Å². The molecule has 76 valence electrons. The van der Waals surface area contributed by atoms with Crippen LogP contribution in [-0.2, 0) is 5.72 Å². The lowest BCUT2D eigenvalue weighted by molar-refractivity contribution is -0.384. The summed E-state index contributed by atoms with van der Waals surface area (Å²) in [6, 6.07) is 3.92. The summed E-state index contributed by atoms with van der Waals surface area (Å²) in [6.45, 7) is 1.33. The van der Waals surface area contributed by atoms with Crippen LogP contribution in [-0.4, -0.2) is 10.0 Å². The van der Waals surface area contributed by atoms with Crippen LogP contribution in [0.15, 0.2) is 18.2 Å². The average molecular weight is 217 g/mol. The van der Waals surface area contributed by atoms with Crippen LogP contribution in [0.25, 0.3) is 0 Å². The molecule has 14 heavy (non-hydrogen) atoms. The lowest BCUT2D eigenvalue weighted by Gasteiger charge is -2.17. The van der Waals surface area contributed by atoms with E-state index in [0.717, 1.165) is 6.07 Å². The highest BCUT2D eigenvalue weighted by molar-refractivity contribution is 6.32. The zero-order valence-corrected chi connectivity index (χ0v) is 8.15. The van der Waals surface area contributed by atoms with Gasteiger partial charge < -0.3 is 10.8 Å². The molecular formula is C8H9ClN2O3. The number of hydrogen-bond donors (Lipinski definition) is 2. The predicted molar refractivity (Wildman–Crippen MR) is 51.9 cm³/mol. The van der Waals surface area contributed by atoms with Crippen LogP contribution >= 0.6 is 11.6 Å². The fourth-order valence-electron chi connectivity index (χ4n) is 0.967. The molecule has 1 rings (SSSR count). The van der Waals surface area contributed by atoms with Crippen molar-refractivity contribution in [2.45, 2.75) is 12.6 Å². The number of benzene rings is 1. The largest absolute Gasteiger partial charge is 0.372 e. The van der Waals surface area contributed by atoms with Gasteiger partial charge in [0.05, 0.1) is 4.92 Å². The zero-order chi connectivity index (χ0) is 10.9. The maximum Gasteiger partial charge on any atom is 0.288 e. The monoisotopic (exact) mass is 216 g/mol. The molecule has 1 aromatic carbocycles. The Hall–Kier alpha value is -1.17. The summed E-state index contributed by atoms with van der Waals surface area (Å²) in [4.78, 5) is 9.87. The molecule has 0 saturated heterocycles.